The van der Waals surface area contributed by atoms with Gasteiger partial charge >= 0.3 is 0 Å². The molecule has 0 aromatic carbocycles. The second kappa shape index (κ2) is 51.6. The van der Waals surface area contributed by atoms with E-state index in [0.29, 0.717) is 6.42 Å². The van der Waals surface area contributed by atoms with E-state index in [1.165, 1.54) is 218 Å². The van der Waals surface area contributed by atoms with E-state index < -0.39 is 49.5 Å². The third-order valence-corrected chi connectivity index (χ3v) is 14.4. The number of carbonyl (C=O) groups is 1. The number of amides is 1. The number of aliphatic hydroxyl groups excluding tert-OH is 5. The van der Waals surface area contributed by atoms with Crippen molar-refractivity contribution in [3.05, 3.63) is 48.6 Å². The number of aliphatic hydroxyl groups is 5. The normalized spacial score (nSPS) is 19.6. The minimum Gasteiger partial charge on any atom is -0.394 e. The maximum Gasteiger partial charge on any atom is 0.220 e. The molecule has 0 radical (unpaired) electrons. The Bertz CT molecular complexity index is 1250. The number of hydrogen-bond acceptors (Lipinski definition) is 8. The summed E-state index contributed by atoms with van der Waals surface area (Å²) in [5, 5.41) is 54.5. The molecule has 0 aromatic rings. The summed E-state index contributed by atoms with van der Waals surface area (Å²) < 4.78 is 11.3. The quantitative estimate of drug-likeness (QED) is 0.0261. The molecule has 1 aliphatic rings. The maximum absolute atomic E-state index is 13.1. The smallest absolute Gasteiger partial charge is 0.220 e. The lowest BCUT2D eigenvalue weighted by Gasteiger charge is -2.40. The summed E-state index contributed by atoms with van der Waals surface area (Å²) in [5.41, 5.74) is 0. The van der Waals surface area contributed by atoms with Crippen LogP contribution < -0.4 is 5.32 Å². The zero-order valence-corrected chi connectivity index (χ0v) is 46.2. The van der Waals surface area contributed by atoms with Crippen LogP contribution in [0.15, 0.2) is 48.6 Å². The van der Waals surface area contributed by atoms with Gasteiger partial charge in [-0.25, -0.2) is 0 Å². The van der Waals surface area contributed by atoms with E-state index in [1.54, 1.807) is 6.08 Å². The van der Waals surface area contributed by atoms with Crippen LogP contribution in [0.25, 0.3) is 0 Å². The van der Waals surface area contributed by atoms with Crippen LogP contribution in [0, 0.1) is 0 Å². The van der Waals surface area contributed by atoms with Crippen molar-refractivity contribution in [2.45, 2.75) is 326 Å². The molecule has 9 nitrogen and oxygen atoms in total. The third kappa shape index (κ3) is 41.1. The Kier molecular flexibility index (Phi) is 48.8. The van der Waals surface area contributed by atoms with Crippen molar-refractivity contribution in [1.82, 2.24) is 5.32 Å². The average molecular weight is 1000 g/mol. The van der Waals surface area contributed by atoms with Gasteiger partial charge < -0.3 is 40.3 Å². The van der Waals surface area contributed by atoms with Crippen LogP contribution in [-0.2, 0) is 14.3 Å². The molecular formula is C62H115NO8. The van der Waals surface area contributed by atoms with Crippen molar-refractivity contribution in [2.75, 3.05) is 13.2 Å². The molecule has 0 saturated carbocycles. The molecule has 416 valence electrons. The lowest BCUT2D eigenvalue weighted by atomic mass is 9.99. The zero-order valence-electron chi connectivity index (χ0n) is 46.2. The van der Waals surface area contributed by atoms with E-state index >= 15 is 0 Å². The Labute approximate surface area is 437 Å². The van der Waals surface area contributed by atoms with E-state index in [1.807, 2.05) is 6.08 Å². The molecule has 1 saturated heterocycles. The van der Waals surface area contributed by atoms with Gasteiger partial charge in [0.05, 0.1) is 25.4 Å². The van der Waals surface area contributed by atoms with Gasteiger partial charge in [-0.2, -0.15) is 0 Å². The molecule has 7 atom stereocenters. The molecule has 0 spiro atoms. The van der Waals surface area contributed by atoms with E-state index in [9.17, 15) is 30.3 Å². The topological polar surface area (TPSA) is 149 Å². The van der Waals surface area contributed by atoms with Gasteiger partial charge in [0.2, 0.25) is 5.91 Å². The molecule has 7 unspecified atom stereocenters. The van der Waals surface area contributed by atoms with E-state index in [0.717, 1.165) is 44.9 Å². The summed E-state index contributed by atoms with van der Waals surface area (Å²) in [6.45, 7) is 3.78. The standard InChI is InChI=1S/C62H115NO8/c1-3-5-7-9-11-13-15-17-19-21-23-24-25-26-27-28-29-30-31-32-34-36-38-40-42-44-46-48-50-52-58(66)63-55(54-70-62-61(69)60(68)59(67)57(53-64)71-62)56(65)51-49-47-45-43-41-39-37-35-33-22-20-18-16-14-12-10-8-6-4-2/h15,17,21,23,41,43,49,51,55-57,59-62,64-65,67-69H,3-14,16,18-20,22,24-40,42,44-48,50,52-54H2,1-2H3,(H,63,66)/b17-15-,23-21-,43-41+,51-49+. The molecule has 1 aliphatic heterocycles. The van der Waals surface area contributed by atoms with Gasteiger partial charge in [0.15, 0.2) is 6.29 Å². The maximum atomic E-state index is 13.1. The summed E-state index contributed by atoms with van der Waals surface area (Å²) in [4.78, 5) is 13.1. The number of rotatable bonds is 52. The van der Waals surface area contributed by atoms with Crippen molar-refractivity contribution in [3.63, 3.8) is 0 Å². The van der Waals surface area contributed by atoms with Gasteiger partial charge in [-0.05, 0) is 64.2 Å². The van der Waals surface area contributed by atoms with Crippen LogP contribution in [0.5, 0.6) is 0 Å². The largest absolute Gasteiger partial charge is 0.394 e. The number of allylic oxidation sites excluding steroid dienone is 7. The Morgan fingerprint density at radius 3 is 1.27 bits per heavy atom. The van der Waals surface area contributed by atoms with Crippen LogP contribution in [0.3, 0.4) is 0 Å². The molecule has 1 amide bonds. The highest BCUT2D eigenvalue weighted by atomic mass is 16.7. The number of ether oxygens (including phenoxy) is 2. The van der Waals surface area contributed by atoms with Gasteiger partial charge in [-0.3, -0.25) is 4.79 Å². The van der Waals surface area contributed by atoms with Crippen LogP contribution in [0.2, 0.25) is 0 Å². The van der Waals surface area contributed by atoms with Gasteiger partial charge in [0.1, 0.15) is 24.4 Å². The van der Waals surface area contributed by atoms with E-state index in [4.69, 9.17) is 9.47 Å². The van der Waals surface area contributed by atoms with Crippen molar-refractivity contribution in [3.8, 4) is 0 Å². The Hall–Kier alpha value is -1.85. The SMILES string of the molecule is CCCCCCC/C=C\C/C=C\CCCCCCCCCCCCCCCCCCCC(=O)NC(COC1OC(CO)C(O)C(O)C1O)C(O)/C=C/CC/C=C/CCCCCCCCCCCCCCC. The molecule has 6 N–H and O–H groups in total. The predicted molar refractivity (Wildman–Crippen MR) is 299 cm³/mol. The van der Waals surface area contributed by atoms with Crippen LogP contribution in [0.1, 0.15) is 284 Å². The highest BCUT2D eigenvalue weighted by Crippen LogP contribution is 2.23. The van der Waals surface area contributed by atoms with E-state index in [-0.39, 0.29) is 12.5 Å². The Morgan fingerprint density at radius 1 is 0.479 bits per heavy atom. The predicted octanol–water partition coefficient (Wildman–Crippen LogP) is 15.3. The summed E-state index contributed by atoms with van der Waals surface area (Å²) in [7, 11) is 0. The molecule has 0 aliphatic carbocycles. The van der Waals surface area contributed by atoms with Crippen molar-refractivity contribution >= 4 is 5.91 Å². The zero-order chi connectivity index (χ0) is 51.5. The lowest BCUT2D eigenvalue weighted by Crippen LogP contribution is -2.60. The van der Waals surface area contributed by atoms with Gasteiger partial charge in [0, 0.05) is 6.42 Å². The average Bonchev–Trinajstić information content (AvgIpc) is 3.37. The third-order valence-electron chi connectivity index (χ3n) is 14.4. The van der Waals surface area contributed by atoms with Crippen LogP contribution in [-0.4, -0.2) is 87.5 Å². The molecule has 9 heteroatoms. The number of unbranched alkanes of at least 4 members (excludes halogenated alkanes) is 36. The summed E-state index contributed by atoms with van der Waals surface area (Å²) in [5.74, 6) is -0.183. The monoisotopic (exact) mass is 1000 g/mol. The molecule has 1 heterocycles. The molecule has 0 aromatic heterocycles. The molecule has 71 heavy (non-hydrogen) atoms. The van der Waals surface area contributed by atoms with Crippen molar-refractivity contribution in [2.24, 2.45) is 0 Å². The van der Waals surface area contributed by atoms with Gasteiger partial charge in [-0.1, -0.05) is 262 Å². The van der Waals surface area contributed by atoms with Crippen molar-refractivity contribution < 1.29 is 39.8 Å². The molecular weight excluding hydrogens is 887 g/mol. The lowest BCUT2D eigenvalue weighted by molar-refractivity contribution is -0.302. The minimum atomic E-state index is -1.57. The first kappa shape index (κ1) is 67.2. The second-order valence-corrected chi connectivity index (χ2v) is 21.1. The number of carbonyl (C=O) groups excluding carboxylic acids is 1. The fourth-order valence-corrected chi connectivity index (χ4v) is 9.56. The van der Waals surface area contributed by atoms with Crippen molar-refractivity contribution in [1.29, 1.82) is 0 Å². The first-order valence-electron chi connectivity index (χ1n) is 30.4. The first-order chi connectivity index (χ1) is 34.8. The van der Waals surface area contributed by atoms with E-state index in [2.05, 4.69) is 55.6 Å². The Balaban J connectivity index is 2.19. The molecule has 1 rings (SSSR count). The second-order valence-electron chi connectivity index (χ2n) is 21.1. The highest BCUT2D eigenvalue weighted by Gasteiger charge is 2.44. The fraction of sp³-hybridized carbons (Fsp3) is 0.855. The van der Waals surface area contributed by atoms with Crippen LogP contribution >= 0.6 is 0 Å². The number of nitrogens with one attached hydrogen (secondary N) is 1. The number of hydrogen-bond donors (Lipinski definition) is 6. The summed E-state index contributed by atoms with van der Waals surface area (Å²) >= 11 is 0. The van der Waals surface area contributed by atoms with Gasteiger partial charge in [0.25, 0.3) is 0 Å². The minimum absolute atomic E-state index is 0.183. The highest BCUT2D eigenvalue weighted by molar-refractivity contribution is 5.76. The van der Waals surface area contributed by atoms with Crippen LogP contribution in [0.4, 0.5) is 0 Å². The summed E-state index contributed by atoms with van der Waals surface area (Å²) in [6, 6.07) is -0.822. The molecule has 0 bridgehead atoms. The van der Waals surface area contributed by atoms with Gasteiger partial charge in [-0.15, -0.1) is 0 Å². The summed E-state index contributed by atoms with van der Waals surface area (Å²) in [6.07, 6.45) is 61.9. The fourth-order valence-electron chi connectivity index (χ4n) is 9.56. The first-order valence-corrected chi connectivity index (χ1v) is 30.4. The Morgan fingerprint density at radius 2 is 0.845 bits per heavy atom. The molecule has 1 fully saturated rings.